The number of unbranched alkanes of at least 4 members (excludes halogenated alkanes) is 2. The smallest absolute Gasteiger partial charge is 0.191 e. The van der Waals surface area contributed by atoms with Crippen molar-refractivity contribution in [1.82, 2.24) is 0 Å². The molecular weight excluding hydrogens is 804 g/mol. The van der Waals surface area contributed by atoms with Crippen LogP contribution in [0.5, 0.6) is 0 Å². The first kappa shape index (κ1) is 44.9. The molecule has 2 aromatic rings. The van der Waals surface area contributed by atoms with E-state index in [1.54, 1.807) is 38.1 Å². The quantitative estimate of drug-likeness (QED) is 0.220. The number of nitrogens with one attached hydrogen (secondary N) is 1. The van der Waals surface area contributed by atoms with Crippen LogP contribution in [0.25, 0.3) is 0 Å². The molecule has 2 nitrogen and oxygen atoms in total. The fraction of sp³-hybridized carbons (Fsp3) is 0.508. The highest BCUT2D eigenvalue weighted by Crippen LogP contribution is 2.57. The maximum atomic E-state index is 4.11. The highest BCUT2D eigenvalue weighted by atomic mass is 32.2. The van der Waals surface area contributed by atoms with Crippen molar-refractivity contribution in [3.63, 3.8) is 0 Å². The minimum atomic E-state index is -0.0811. The number of hydrogen-bond acceptors (Lipinski definition) is 3. The van der Waals surface area contributed by atoms with Crippen LogP contribution in [0.15, 0.2) is 139 Å². The molecule has 0 spiro atoms. The fourth-order valence-corrected chi connectivity index (χ4v) is 14.4. The summed E-state index contributed by atoms with van der Waals surface area (Å²) < 4.78 is 0. The van der Waals surface area contributed by atoms with Crippen LogP contribution in [0.4, 0.5) is 11.4 Å². The van der Waals surface area contributed by atoms with E-state index in [0.29, 0.717) is 11.3 Å². The van der Waals surface area contributed by atoms with E-state index >= 15 is 0 Å². The van der Waals surface area contributed by atoms with Gasteiger partial charge in [0.25, 0.3) is 0 Å². The summed E-state index contributed by atoms with van der Waals surface area (Å²) in [5.41, 5.74) is 23.0. The van der Waals surface area contributed by atoms with Gasteiger partial charge in [0.15, 0.2) is 7.28 Å². The molecule has 0 radical (unpaired) electrons. The molecule has 1 saturated carbocycles. The molecule has 10 rings (SSSR count). The Morgan fingerprint density at radius 2 is 1.58 bits per heavy atom. The van der Waals surface area contributed by atoms with Crippen molar-refractivity contribution in [2.24, 2.45) is 22.7 Å². The van der Waals surface area contributed by atoms with Crippen LogP contribution < -0.4 is 10.2 Å². The second-order valence-electron chi connectivity index (χ2n) is 24.7. The summed E-state index contributed by atoms with van der Waals surface area (Å²) in [6.45, 7) is 29.5. The molecule has 5 aliphatic carbocycles. The number of allylic oxidation sites excluding steroid dienone is 14. The molecule has 2 atom stereocenters. The number of aryl methyl sites for hydroxylation is 1. The summed E-state index contributed by atoms with van der Waals surface area (Å²) in [6.07, 6.45) is 32.4. The number of fused-ring (bicyclic) bond motifs is 6. The normalized spacial score (nSPS) is 27.1. The van der Waals surface area contributed by atoms with Gasteiger partial charge >= 0.3 is 0 Å². The van der Waals surface area contributed by atoms with Gasteiger partial charge in [0.2, 0.25) is 0 Å². The maximum Gasteiger partial charge on any atom is 0.191 e. The number of para-hydroxylation sites is 1. The van der Waals surface area contributed by atoms with E-state index < -0.39 is 0 Å². The van der Waals surface area contributed by atoms with Crippen LogP contribution in [0, 0.1) is 29.6 Å². The Morgan fingerprint density at radius 3 is 2.35 bits per heavy atom. The van der Waals surface area contributed by atoms with E-state index in [2.05, 4.69) is 184 Å². The molecule has 0 amide bonds. The molecule has 2 fully saturated rings. The summed E-state index contributed by atoms with van der Waals surface area (Å²) in [7, 11) is 0.994. The zero-order valence-electron chi connectivity index (χ0n) is 42.2. The van der Waals surface area contributed by atoms with Crippen molar-refractivity contribution < 1.29 is 0 Å². The van der Waals surface area contributed by atoms with E-state index in [-0.39, 0.29) is 27.6 Å². The third kappa shape index (κ3) is 7.92. The SMILES string of the molecule is CCCCCC1=CC(C2CC=CC3=C2Nc2ccccc2C3(C)C)=C2BC3=C4SC(/C=C5\CC(C)(C)CCC5(C)C)=CC4CC=C3N(c3cc4c(cc3C)C(C)(C)CCC4(C)C)C(=C1)C2. The van der Waals surface area contributed by atoms with E-state index in [1.165, 1.54) is 107 Å². The van der Waals surface area contributed by atoms with Crippen molar-refractivity contribution in [2.45, 2.75) is 176 Å². The Kier molecular flexibility index (Phi) is 11.1. The molecule has 2 aromatic carbocycles. The van der Waals surface area contributed by atoms with Crippen LogP contribution in [-0.2, 0) is 16.2 Å². The van der Waals surface area contributed by atoms with Gasteiger partial charge < -0.3 is 10.2 Å². The van der Waals surface area contributed by atoms with Gasteiger partial charge in [0.1, 0.15) is 0 Å². The van der Waals surface area contributed by atoms with Crippen LogP contribution in [0.3, 0.4) is 0 Å². The summed E-state index contributed by atoms with van der Waals surface area (Å²) in [4.78, 5) is 5.89. The molecule has 1 saturated heterocycles. The average molecular weight is 881 g/mol. The highest BCUT2D eigenvalue weighted by Gasteiger charge is 2.44. The lowest BCUT2D eigenvalue weighted by molar-refractivity contribution is 0.199. The van der Waals surface area contributed by atoms with Crippen molar-refractivity contribution in [3.05, 3.63) is 161 Å². The van der Waals surface area contributed by atoms with E-state index in [1.807, 2.05) is 0 Å². The molecule has 65 heavy (non-hydrogen) atoms. The van der Waals surface area contributed by atoms with Gasteiger partial charge in [-0.25, -0.2) is 0 Å². The largest absolute Gasteiger partial charge is 0.358 e. The number of rotatable bonds is 7. The predicted molar refractivity (Wildman–Crippen MR) is 284 cm³/mol. The van der Waals surface area contributed by atoms with Gasteiger partial charge in [0, 0.05) is 57.0 Å². The van der Waals surface area contributed by atoms with Gasteiger partial charge in [-0.15, -0.1) is 0 Å². The van der Waals surface area contributed by atoms with Crippen LogP contribution >= 0.6 is 11.8 Å². The summed E-state index contributed by atoms with van der Waals surface area (Å²) in [5.74, 6) is 0.703. The number of anilines is 2. The molecule has 3 aliphatic heterocycles. The number of benzene rings is 2. The molecule has 8 aliphatic rings. The Balaban J connectivity index is 1.17. The highest BCUT2D eigenvalue weighted by molar-refractivity contribution is 8.07. The third-order valence-electron chi connectivity index (χ3n) is 17.5. The topological polar surface area (TPSA) is 15.3 Å². The van der Waals surface area contributed by atoms with Crippen molar-refractivity contribution >= 4 is 30.4 Å². The monoisotopic (exact) mass is 881 g/mol. The molecule has 2 unspecified atom stereocenters. The number of hydrogen-bond donors (Lipinski definition) is 1. The fourth-order valence-electron chi connectivity index (χ4n) is 13.1. The van der Waals surface area contributed by atoms with Crippen molar-refractivity contribution in [1.29, 1.82) is 0 Å². The standard InChI is InChI=1S/C61H77BN2S/c1-13-14-15-19-39-31-42-35-50(45(32-39)44-20-18-22-47-55(44)63-51-23-17-16-21-46(51)61(47,11)12)62-54-52(64(42)53-36-49-48(30-38(53)2)59(7,8)28-29-60(49,9)10)25-24-40-33-43(65-56(40)54)34-41-37-57(3,4)26-27-58(41,5)6/h16-18,21-23,25,30-34,36,40,44,62-63H,13-15,19-20,24,26-29,35,37H2,1-12H3/b41-34+. The van der Waals surface area contributed by atoms with Crippen LogP contribution in [-0.4, -0.2) is 7.28 Å². The zero-order chi connectivity index (χ0) is 45.8. The minimum absolute atomic E-state index is 0.0811. The van der Waals surface area contributed by atoms with Gasteiger partial charge in [-0.1, -0.05) is 166 Å². The molecule has 0 aromatic heterocycles. The molecule has 4 heteroatoms. The number of nitrogens with zero attached hydrogens (tertiary/aromatic N) is 1. The minimum Gasteiger partial charge on any atom is -0.358 e. The van der Waals surface area contributed by atoms with Gasteiger partial charge in [-0.3, -0.25) is 0 Å². The molecule has 1 N–H and O–H groups in total. The van der Waals surface area contributed by atoms with E-state index in [0.717, 1.165) is 33.0 Å². The first-order valence-corrected chi connectivity index (χ1v) is 26.5. The molecule has 3 heterocycles. The van der Waals surface area contributed by atoms with E-state index in [4.69, 9.17) is 0 Å². The molecule has 2 bridgehead atoms. The lowest BCUT2D eigenvalue weighted by atomic mass is 9.56. The second-order valence-corrected chi connectivity index (χ2v) is 25.8. The lowest BCUT2D eigenvalue weighted by Crippen LogP contribution is -2.35. The van der Waals surface area contributed by atoms with Crippen molar-refractivity contribution in [2.75, 3.05) is 10.2 Å². The zero-order valence-corrected chi connectivity index (χ0v) is 43.0. The summed E-state index contributed by atoms with van der Waals surface area (Å²) in [6, 6.07) is 14.3. The molecular formula is C61H77BN2S. The number of thioether (sulfide) groups is 1. The van der Waals surface area contributed by atoms with E-state index in [9.17, 15) is 0 Å². The van der Waals surface area contributed by atoms with Gasteiger partial charge in [0.05, 0.1) is 0 Å². The lowest BCUT2D eigenvalue weighted by Gasteiger charge is -2.43. The Morgan fingerprint density at radius 1 is 0.846 bits per heavy atom. The Hall–Kier alpha value is -3.89. The maximum absolute atomic E-state index is 4.11. The van der Waals surface area contributed by atoms with Crippen LogP contribution in [0.1, 0.15) is 175 Å². The van der Waals surface area contributed by atoms with Crippen molar-refractivity contribution in [3.8, 4) is 0 Å². The first-order valence-electron chi connectivity index (χ1n) is 25.7. The van der Waals surface area contributed by atoms with Gasteiger partial charge in [-0.05, 0) is 160 Å². The Bertz CT molecular complexity index is 2640. The second kappa shape index (κ2) is 16.1. The molecule has 340 valence electrons. The average Bonchev–Trinajstić information content (AvgIpc) is 3.49. The predicted octanol–water partition coefficient (Wildman–Crippen LogP) is 16.8. The summed E-state index contributed by atoms with van der Waals surface area (Å²) >= 11 is 2.11. The van der Waals surface area contributed by atoms with Crippen LogP contribution in [0.2, 0.25) is 0 Å². The summed E-state index contributed by atoms with van der Waals surface area (Å²) in [5, 5.41) is 4.11. The third-order valence-corrected chi connectivity index (χ3v) is 18.7. The van der Waals surface area contributed by atoms with Gasteiger partial charge in [-0.2, -0.15) is 0 Å². The Labute approximate surface area is 399 Å². The first-order chi connectivity index (χ1) is 30.8.